The lowest BCUT2D eigenvalue weighted by Gasteiger charge is -2.24. The van der Waals surface area contributed by atoms with Crippen LogP contribution in [0.3, 0.4) is 0 Å². The van der Waals surface area contributed by atoms with Crippen molar-refractivity contribution in [2.75, 3.05) is 19.6 Å². The number of nitrogens with zero attached hydrogens (tertiary/aromatic N) is 1. The molecule has 0 saturated carbocycles. The van der Waals surface area contributed by atoms with Gasteiger partial charge in [-0.1, -0.05) is 12.8 Å². The molecule has 1 fully saturated rings. The van der Waals surface area contributed by atoms with Crippen LogP contribution in [-0.4, -0.2) is 47.6 Å². The first kappa shape index (κ1) is 14.0. The summed E-state index contributed by atoms with van der Waals surface area (Å²) in [6.07, 6.45) is 4.61. The number of likely N-dealkylation sites (tertiary alicyclic amines) is 1. The molecule has 0 aromatic heterocycles. The number of carbonyl (C=O) groups is 2. The number of carbonyl (C=O) groups excluding carboxylic acids is 1. The smallest absolute Gasteiger partial charge is 0.304 e. The van der Waals surface area contributed by atoms with Crippen LogP contribution in [0.1, 0.15) is 39.0 Å². The molecule has 0 aliphatic carbocycles. The molecule has 1 saturated heterocycles. The normalized spacial score (nSPS) is 18.5. The Bertz CT molecular complexity index is 260. The minimum Gasteiger partial charge on any atom is -0.481 e. The molecule has 1 aliphatic heterocycles. The van der Waals surface area contributed by atoms with Crippen LogP contribution < -0.4 is 5.32 Å². The van der Waals surface area contributed by atoms with Crippen LogP contribution in [0.4, 0.5) is 0 Å². The van der Waals surface area contributed by atoms with E-state index in [1.165, 1.54) is 12.8 Å². The highest BCUT2D eigenvalue weighted by Crippen LogP contribution is 2.10. The number of hydrogen-bond acceptors (Lipinski definition) is 3. The summed E-state index contributed by atoms with van der Waals surface area (Å²) in [7, 11) is 0. The quantitative estimate of drug-likeness (QED) is 0.749. The van der Waals surface area contributed by atoms with Gasteiger partial charge in [0.15, 0.2) is 0 Å². The first-order chi connectivity index (χ1) is 8.11. The molecule has 0 aromatic carbocycles. The van der Waals surface area contributed by atoms with Crippen LogP contribution in [0.5, 0.6) is 0 Å². The van der Waals surface area contributed by atoms with Gasteiger partial charge in [-0.05, 0) is 19.8 Å². The zero-order valence-corrected chi connectivity index (χ0v) is 10.4. The predicted octanol–water partition coefficient (Wildman–Crippen LogP) is 0.842. The zero-order valence-electron chi connectivity index (χ0n) is 10.4. The van der Waals surface area contributed by atoms with E-state index in [4.69, 9.17) is 5.11 Å². The van der Waals surface area contributed by atoms with Gasteiger partial charge in [-0.2, -0.15) is 0 Å². The molecule has 1 amide bonds. The third-order valence-electron chi connectivity index (χ3n) is 3.08. The van der Waals surface area contributed by atoms with Crippen LogP contribution in [0, 0.1) is 0 Å². The van der Waals surface area contributed by atoms with Gasteiger partial charge in [-0.3, -0.25) is 9.59 Å². The maximum Gasteiger partial charge on any atom is 0.304 e. The monoisotopic (exact) mass is 242 g/mol. The van der Waals surface area contributed by atoms with E-state index in [1.54, 1.807) is 6.92 Å². The van der Waals surface area contributed by atoms with Crippen LogP contribution in [0.15, 0.2) is 0 Å². The molecule has 2 N–H and O–H groups in total. The average molecular weight is 242 g/mol. The van der Waals surface area contributed by atoms with Gasteiger partial charge < -0.3 is 15.3 Å². The summed E-state index contributed by atoms with van der Waals surface area (Å²) in [4.78, 5) is 24.3. The fourth-order valence-electron chi connectivity index (χ4n) is 2.05. The van der Waals surface area contributed by atoms with E-state index < -0.39 is 5.97 Å². The molecule has 0 bridgehead atoms. The van der Waals surface area contributed by atoms with Crippen molar-refractivity contribution in [3.63, 3.8) is 0 Å². The number of nitrogens with one attached hydrogen (secondary N) is 1. The predicted molar refractivity (Wildman–Crippen MR) is 64.8 cm³/mol. The third-order valence-corrected chi connectivity index (χ3v) is 3.08. The molecule has 17 heavy (non-hydrogen) atoms. The van der Waals surface area contributed by atoms with Crippen LogP contribution in [0.2, 0.25) is 0 Å². The largest absolute Gasteiger partial charge is 0.481 e. The van der Waals surface area contributed by atoms with Gasteiger partial charge >= 0.3 is 5.97 Å². The summed E-state index contributed by atoms with van der Waals surface area (Å²) in [5, 5.41) is 11.5. The zero-order chi connectivity index (χ0) is 12.7. The maximum atomic E-state index is 12.0. The SMILES string of the molecule is CC(NCCC(=O)O)C(=O)N1CCCCCC1. The summed E-state index contributed by atoms with van der Waals surface area (Å²) in [5.41, 5.74) is 0. The molecule has 1 aliphatic rings. The molecule has 98 valence electrons. The van der Waals surface area contributed by atoms with Crippen LogP contribution in [0.25, 0.3) is 0 Å². The van der Waals surface area contributed by atoms with Crippen molar-refractivity contribution < 1.29 is 14.7 Å². The van der Waals surface area contributed by atoms with Crippen molar-refractivity contribution in [1.82, 2.24) is 10.2 Å². The van der Waals surface area contributed by atoms with Crippen molar-refractivity contribution in [1.29, 1.82) is 0 Å². The Labute approximate surface area is 102 Å². The van der Waals surface area contributed by atoms with E-state index in [0.717, 1.165) is 25.9 Å². The van der Waals surface area contributed by atoms with Gasteiger partial charge in [-0.15, -0.1) is 0 Å². The fourth-order valence-corrected chi connectivity index (χ4v) is 2.05. The lowest BCUT2D eigenvalue weighted by atomic mass is 10.2. The first-order valence-corrected chi connectivity index (χ1v) is 6.35. The standard InChI is InChI=1S/C12H22N2O3/c1-10(13-7-6-11(15)16)12(17)14-8-4-2-3-5-9-14/h10,13H,2-9H2,1H3,(H,15,16). The van der Waals surface area contributed by atoms with Crippen LogP contribution in [-0.2, 0) is 9.59 Å². The summed E-state index contributed by atoms with van der Waals surface area (Å²) in [6.45, 7) is 3.82. The molecule has 1 atom stereocenters. The molecule has 1 rings (SSSR count). The molecule has 1 unspecified atom stereocenters. The molecular weight excluding hydrogens is 220 g/mol. The highest BCUT2D eigenvalue weighted by molar-refractivity contribution is 5.81. The fraction of sp³-hybridized carbons (Fsp3) is 0.833. The van der Waals surface area contributed by atoms with Gasteiger partial charge in [0.05, 0.1) is 12.5 Å². The number of amides is 1. The lowest BCUT2D eigenvalue weighted by molar-refractivity contribution is -0.137. The Hall–Kier alpha value is -1.10. The topological polar surface area (TPSA) is 69.6 Å². The average Bonchev–Trinajstić information content (AvgIpc) is 2.55. The second-order valence-corrected chi connectivity index (χ2v) is 4.56. The summed E-state index contributed by atoms with van der Waals surface area (Å²) in [5.74, 6) is -0.746. The summed E-state index contributed by atoms with van der Waals surface area (Å²) < 4.78 is 0. The Balaban J connectivity index is 2.31. The number of carboxylic acids is 1. The van der Waals surface area contributed by atoms with Gasteiger partial charge in [0.2, 0.25) is 5.91 Å². The second-order valence-electron chi connectivity index (χ2n) is 4.56. The summed E-state index contributed by atoms with van der Waals surface area (Å²) in [6, 6.07) is -0.285. The Morgan fingerprint density at radius 1 is 1.24 bits per heavy atom. The van der Waals surface area contributed by atoms with Gasteiger partial charge in [0.25, 0.3) is 0 Å². The first-order valence-electron chi connectivity index (χ1n) is 6.35. The third kappa shape index (κ3) is 5.17. The molecule has 0 radical (unpaired) electrons. The number of hydrogen-bond donors (Lipinski definition) is 2. The van der Waals surface area contributed by atoms with E-state index in [-0.39, 0.29) is 18.4 Å². The highest BCUT2D eigenvalue weighted by Gasteiger charge is 2.20. The summed E-state index contributed by atoms with van der Waals surface area (Å²) >= 11 is 0. The molecule has 5 nitrogen and oxygen atoms in total. The van der Waals surface area contributed by atoms with Crippen molar-refractivity contribution in [3.05, 3.63) is 0 Å². The second kappa shape index (κ2) is 7.27. The van der Waals surface area contributed by atoms with E-state index in [9.17, 15) is 9.59 Å². The highest BCUT2D eigenvalue weighted by atomic mass is 16.4. The Kier molecular flexibility index (Phi) is 5.97. The van der Waals surface area contributed by atoms with E-state index in [0.29, 0.717) is 6.54 Å². The van der Waals surface area contributed by atoms with Gasteiger partial charge in [0.1, 0.15) is 0 Å². The van der Waals surface area contributed by atoms with Crippen molar-refractivity contribution in [3.8, 4) is 0 Å². The minimum absolute atomic E-state index is 0.0532. The Morgan fingerprint density at radius 2 is 1.82 bits per heavy atom. The van der Waals surface area contributed by atoms with Crippen molar-refractivity contribution >= 4 is 11.9 Å². The lowest BCUT2D eigenvalue weighted by Crippen LogP contribution is -2.45. The van der Waals surface area contributed by atoms with E-state index in [2.05, 4.69) is 5.32 Å². The molecule has 0 aromatic rings. The molecule has 5 heteroatoms. The molecule has 0 spiro atoms. The molecule has 1 heterocycles. The maximum absolute atomic E-state index is 12.0. The molecular formula is C12H22N2O3. The van der Waals surface area contributed by atoms with Crippen molar-refractivity contribution in [2.24, 2.45) is 0 Å². The number of rotatable bonds is 5. The van der Waals surface area contributed by atoms with E-state index in [1.807, 2.05) is 4.90 Å². The Morgan fingerprint density at radius 3 is 2.35 bits per heavy atom. The van der Waals surface area contributed by atoms with E-state index >= 15 is 0 Å². The van der Waals surface area contributed by atoms with Crippen LogP contribution >= 0.6 is 0 Å². The van der Waals surface area contributed by atoms with Gasteiger partial charge in [-0.25, -0.2) is 0 Å². The van der Waals surface area contributed by atoms with Gasteiger partial charge in [0, 0.05) is 19.6 Å². The number of aliphatic carboxylic acids is 1. The number of carboxylic acid groups (broad SMARTS) is 1. The van der Waals surface area contributed by atoms with Crippen molar-refractivity contribution in [2.45, 2.75) is 45.1 Å². The minimum atomic E-state index is -0.841.